The Morgan fingerprint density at radius 1 is 1.38 bits per heavy atom. The van der Waals surface area contributed by atoms with Crippen LogP contribution in [0.4, 0.5) is 5.69 Å². The molecule has 0 radical (unpaired) electrons. The number of hydrogen-bond donors (Lipinski definition) is 1. The average Bonchev–Trinajstić information content (AvgIpc) is 2.44. The van der Waals surface area contributed by atoms with Gasteiger partial charge in [-0.25, -0.2) is 4.79 Å². The lowest BCUT2D eigenvalue weighted by Crippen LogP contribution is -1.67. The number of nitrogens with one attached hydrogen (secondary N) is 1. The number of isocyanates is 1. The summed E-state index contributed by atoms with van der Waals surface area (Å²) in [6.07, 6.45) is 1.52. The number of benzene rings is 1. The maximum absolute atomic E-state index is 10.0. The van der Waals surface area contributed by atoms with Gasteiger partial charge in [-0.1, -0.05) is 0 Å². The van der Waals surface area contributed by atoms with Crippen LogP contribution in [0.25, 0.3) is 10.9 Å². The van der Waals surface area contributed by atoms with Crippen LogP contribution in [0.1, 0.15) is 5.69 Å². The summed E-state index contributed by atoms with van der Waals surface area (Å²) in [6, 6.07) is 7.55. The monoisotopic (exact) mass is 172 g/mol. The van der Waals surface area contributed by atoms with E-state index in [0.717, 1.165) is 16.6 Å². The van der Waals surface area contributed by atoms with Gasteiger partial charge in [-0.05, 0) is 31.2 Å². The van der Waals surface area contributed by atoms with E-state index in [2.05, 4.69) is 9.98 Å². The van der Waals surface area contributed by atoms with Crippen LogP contribution in [-0.4, -0.2) is 11.1 Å². The van der Waals surface area contributed by atoms with E-state index in [1.165, 1.54) is 6.08 Å². The first-order valence-corrected chi connectivity index (χ1v) is 3.97. The molecule has 2 aromatic rings. The van der Waals surface area contributed by atoms with Crippen molar-refractivity contribution in [2.75, 3.05) is 0 Å². The van der Waals surface area contributed by atoms with Gasteiger partial charge in [0.2, 0.25) is 6.08 Å². The van der Waals surface area contributed by atoms with Crippen molar-refractivity contribution in [3.63, 3.8) is 0 Å². The minimum absolute atomic E-state index is 0.640. The van der Waals surface area contributed by atoms with E-state index >= 15 is 0 Å². The minimum Gasteiger partial charge on any atom is -0.359 e. The predicted octanol–water partition coefficient (Wildman–Crippen LogP) is 2.44. The molecule has 1 aromatic heterocycles. The normalized spacial score (nSPS) is 9.92. The fourth-order valence-corrected chi connectivity index (χ4v) is 1.39. The molecule has 0 aliphatic rings. The second-order valence-electron chi connectivity index (χ2n) is 2.93. The third-order valence-electron chi connectivity index (χ3n) is 1.91. The van der Waals surface area contributed by atoms with Crippen molar-refractivity contribution >= 4 is 22.7 Å². The van der Waals surface area contributed by atoms with E-state index in [1.54, 1.807) is 6.07 Å². The molecule has 0 unspecified atom stereocenters. The van der Waals surface area contributed by atoms with E-state index in [9.17, 15) is 4.79 Å². The molecule has 13 heavy (non-hydrogen) atoms. The number of H-pyrrole nitrogens is 1. The summed E-state index contributed by atoms with van der Waals surface area (Å²) >= 11 is 0. The number of hydrogen-bond acceptors (Lipinski definition) is 2. The third kappa shape index (κ3) is 1.37. The Bertz CT molecular complexity index is 493. The molecule has 0 spiro atoms. The van der Waals surface area contributed by atoms with Crippen molar-refractivity contribution in [1.29, 1.82) is 0 Å². The third-order valence-corrected chi connectivity index (χ3v) is 1.91. The molecule has 64 valence electrons. The number of carbonyl (C=O) groups excluding carboxylic acids is 1. The van der Waals surface area contributed by atoms with Crippen LogP contribution in [0.2, 0.25) is 0 Å². The fraction of sp³-hybridized carbons (Fsp3) is 0.100. The maximum atomic E-state index is 10.0. The van der Waals surface area contributed by atoms with Crippen molar-refractivity contribution < 1.29 is 4.79 Å². The number of fused-ring (bicyclic) bond motifs is 1. The number of aromatic amines is 1. The molecular weight excluding hydrogens is 164 g/mol. The van der Waals surface area contributed by atoms with Crippen molar-refractivity contribution in [2.45, 2.75) is 6.92 Å². The van der Waals surface area contributed by atoms with Crippen LogP contribution in [0.15, 0.2) is 29.3 Å². The van der Waals surface area contributed by atoms with Gasteiger partial charge in [0, 0.05) is 16.6 Å². The van der Waals surface area contributed by atoms with Gasteiger partial charge in [-0.2, -0.15) is 4.99 Å². The van der Waals surface area contributed by atoms with Crippen molar-refractivity contribution in [1.82, 2.24) is 4.98 Å². The van der Waals surface area contributed by atoms with E-state index < -0.39 is 0 Å². The van der Waals surface area contributed by atoms with Gasteiger partial charge in [0.05, 0.1) is 5.69 Å². The zero-order valence-corrected chi connectivity index (χ0v) is 7.16. The highest BCUT2D eigenvalue weighted by Gasteiger charge is 1.97. The first-order chi connectivity index (χ1) is 6.29. The molecule has 0 fully saturated rings. The molecule has 0 bridgehead atoms. The van der Waals surface area contributed by atoms with Gasteiger partial charge >= 0.3 is 0 Å². The highest BCUT2D eigenvalue weighted by Crippen LogP contribution is 2.21. The molecule has 0 aliphatic heterocycles. The number of aliphatic imine (C=N–C) groups is 1. The maximum Gasteiger partial charge on any atom is 0.240 e. The Balaban J connectivity index is 2.67. The summed E-state index contributed by atoms with van der Waals surface area (Å²) in [5.74, 6) is 0. The van der Waals surface area contributed by atoms with Crippen molar-refractivity contribution in [2.24, 2.45) is 4.99 Å². The van der Waals surface area contributed by atoms with Crippen molar-refractivity contribution in [3.05, 3.63) is 30.0 Å². The lowest BCUT2D eigenvalue weighted by Gasteiger charge is -1.90. The van der Waals surface area contributed by atoms with Crippen LogP contribution in [0.3, 0.4) is 0 Å². The predicted molar refractivity (Wildman–Crippen MR) is 50.8 cm³/mol. The van der Waals surface area contributed by atoms with Gasteiger partial charge in [-0.3, -0.25) is 0 Å². The lowest BCUT2D eigenvalue weighted by molar-refractivity contribution is 0.565. The molecule has 0 saturated carbocycles. The largest absolute Gasteiger partial charge is 0.359 e. The second-order valence-corrected chi connectivity index (χ2v) is 2.93. The summed E-state index contributed by atoms with van der Waals surface area (Å²) in [5.41, 5.74) is 2.80. The van der Waals surface area contributed by atoms with Gasteiger partial charge < -0.3 is 4.98 Å². The van der Waals surface area contributed by atoms with Crippen LogP contribution in [0, 0.1) is 6.92 Å². The molecule has 1 aromatic carbocycles. The zero-order chi connectivity index (χ0) is 9.26. The number of aromatic nitrogens is 1. The number of nitrogens with zero attached hydrogens (tertiary/aromatic N) is 1. The first kappa shape index (κ1) is 7.77. The standard InChI is InChI=1S/C10H8N2O/c1-7-4-8-5-9(11-6-13)2-3-10(8)12-7/h2-5,12H,1H3. The Labute approximate surface area is 75.1 Å². The van der Waals surface area contributed by atoms with Crippen molar-refractivity contribution in [3.8, 4) is 0 Å². The molecule has 1 N–H and O–H groups in total. The summed E-state index contributed by atoms with van der Waals surface area (Å²) < 4.78 is 0. The van der Waals surface area contributed by atoms with E-state index in [4.69, 9.17) is 0 Å². The van der Waals surface area contributed by atoms with E-state index in [0.29, 0.717) is 5.69 Å². The molecule has 0 atom stereocenters. The first-order valence-electron chi connectivity index (χ1n) is 3.97. The molecular formula is C10H8N2O. The topological polar surface area (TPSA) is 45.2 Å². The number of rotatable bonds is 1. The van der Waals surface area contributed by atoms with Gasteiger partial charge in [0.25, 0.3) is 0 Å². The van der Waals surface area contributed by atoms with Crippen LogP contribution >= 0.6 is 0 Å². The summed E-state index contributed by atoms with van der Waals surface area (Å²) in [4.78, 5) is 16.8. The zero-order valence-electron chi connectivity index (χ0n) is 7.16. The second kappa shape index (κ2) is 2.88. The molecule has 0 amide bonds. The quantitative estimate of drug-likeness (QED) is 0.521. The fourth-order valence-electron chi connectivity index (χ4n) is 1.39. The smallest absolute Gasteiger partial charge is 0.240 e. The Kier molecular flexibility index (Phi) is 1.72. The van der Waals surface area contributed by atoms with E-state index in [1.807, 2.05) is 25.1 Å². The summed E-state index contributed by atoms with van der Waals surface area (Å²) in [7, 11) is 0. The molecule has 0 saturated heterocycles. The van der Waals surface area contributed by atoms with Gasteiger partial charge in [-0.15, -0.1) is 0 Å². The minimum atomic E-state index is 0.640. The van der Waals surface area contributed by atoms with E-state index in [-0.39, 0.29) is 0 Å². The molecule has 3 nitrogen and oxygen atoms in total. The molecule has 0 aliphatic carbocycles. The Hall–Kier alpha value is -1.86. The Morgan fingerprint density at radius 3 is 3.00 bits per heavy atom. The van der Waals surface area contributed by atoms with Crippen LogP contribution in [0.5, 0.6) is 0 Å². The lowest BCUT2D eigenvalue weighted by atomic mass is 10.2. The van der Waals surface area contributed by atoms with Crippen LogP contribution < -0.4 is 0 Å². The Morgan fingerprint density at radius 2 is 2.23 bits per heavy atom. The average molecular weight is 172 g/mol. The highest BCUT2D eigenvalue weighted by atomic mass is 16.1. The highest BCUT2D eigenvalue weighted by molar-refractivity contribution is 5.83. The molecule has 2 rings (SSSR count). The summed E-state index contributed by atoms with van der Waals surface area (Å²) in [6.45, 7) is 1.99. The van der Waals surface area contributed by atoms with Gasteiger partial charge in [0.1, 0.15) is 0 Å². The SMILES string of the molecule is Cc1cc2cc(N=C=O)ccc2[nH]1. The van der Waals surface area contributed by atoms with Gasteiger partial charge in [0.15, 0.2) is 0 Å². The number of aryl methyl sites for hydroxylation is 1. The van der Waals surface area contributed by atoms with Crippen LogP contribution in [-0.2, 0) is 4.79 Å². The molecule has 3 heteroatoms. The summed E-state index contributed by atoms with van der Waals surface area (Å²) in [5, 5.41) is 1.06. The molecule has 1 heterocycles.